The van der Waals surface area contributed by atoms with E-state index in [9.17, 15) is 17.6 Å². The van der Waals surface area contributed by atoms with Crippen LogP contribution >= 0.6 is 0 Å². The van der Waals surface area contributed by atoms with Crippen molar-refractivity contribution >= 4 is 0 Å². The second kappa shape index (κ2) is 14.9. The fourth-order valence-corrected chi connectivity index (χ4v) is 8.52. The van der Waals surface area contributed by atoms with Gasteiger partial charge in [0.15, 0.2) is 0 Å². The van der Waals surface area contributed by atoms with Crippen LogP contribution in [0.5, 0.6) is 0 Å². The smallest absolute Gasteiger partial charge is 0.378 e. The van der Waals surface area contributed by atoms with Gasteiger partial charge in [0.1, 0.15) is 5.83 Å². The highest BCUT2D eigenvalue weighted by Gasteiger charge is 2.36. The minimum Gasteiger partial charge on any atom is -0.378 e. The first-order valence-electron chi connectivity index (χ1n) is 16.4. The Morgan fingerprint density at radius 3 is 1.71 bits per heavy atom. The fourth-order valence-electron chi connectivity index (χ4n) is 8.52. The average molecular weight is 543 g/mol. The first-order valence-corrected chi connectivity index (χ1v) is 16.4. The van der Waals surface area contributed by atoms with Gasteiger partial charge in [0.2, 0.25) is 0 Å². The van der Waals surface area contributed by atoms with Crippen LogP contribution in [-0.4, -0.2) is 18.9 Å². The molecule has 1 aliphatic heterocycles. The predicted molar refractivity (Wildman–Crippen MR) is 147 cm³/mol. The van der Waals surface area contributed by atoms with Crippen LogP contribution in [0.1, 0.15) is 135 Å². The molecule has 4 rings (SSSR count). The molecule has 0 N–H and O–H groups in total. The lowest BCUT2D eigenvalue weighted by Crippen LogP contribution is -2.35. The average Bonchev–Trinajstić information content (AvgIpc) is 2.92. The van der Waals surface area contributed by atoms with Crippen molar-refractivity contribution in [2.24, 2.45) is 41.4 Å². The van der Waals surface area contributed by atoms with Crippen LogP contribution in [0.15, 0.2) is 11.9 Å². The zero-order valence-corrected chi connectivity index (χ0v) is 24.0. The van der Waals surface area contributed by atoms with E-state index in [1.54, 1.807) is 0 Å². The molecule has 5 heteroatoms. The molecular weight excluding hydrogens is 488 g/mol. The number of hydrogen-bond donors (Lipinski definition) is 0. The van der Waals surface area contributed by atoms with Gasteiger partial charge >= 0.3 is 6.18 Å². The van der Waals surface area contributed by atoms with Crippen molar-refractivity contribution in [3.63, 3.8) is 0 Å². The van der Waals surface area contributed by atoms with Gasteiger partial charge in [-0.05, 0) is 119 Å². The van der Waals surface area contributed by atoms with Gasteiger partial charge in [-0.25, -0.2) is 4.39 Å². The summed E-state index contributed by atoms with van der Waals surface area (Å²) in [5, 5.41) is 0. The molecule has 38 heavy (non-hydrogen) atoms. The van der Waals surface area contributed by atoms with Crippen molar-refractivity contribution in [1.29, 1.82) is 0 Å². The largest absolute Gasteiger partial charge is 0.412 e. The molecule has 0 bridgehead atoms. The Hall–Kier alpha value is -0.580. The molecule has 1 heterocycles. The molecule has 0 aromatic carbocycles. The quantitative estimate of drug-likeness (QED) is 0.197. The van der Waals surface area contributed by atoms with Crippen molar-refractivity contribution < 1.29 is 22.3 Å². The van der Waals surface area contributed by atoms with Gasteiger partial charge in [-0.1, -0.05) is 51.9 Å². The van der Waals surface area contributed by atoms with Crippen LogP contribution in [0.2, 0.25) is 0 Å². The Morgan fingerprint density at radius 2 is 1.18 bits per heavy atom. The highest BCUT2D eigenvalue weighted by Crippen LogP contribution is 2.45. The van der Waals surface area contributed by atoms with E-state index < -0.39 is 17.9 Å². The lowest BCUT2D eigenvalue weighted by Gasteiger charge is -2.41. The Labute approximate surface area is 229 Å². The Bertz CT molecular complexity index is 686. The van der Waals surface area contributed by atoms with Crippen molar-refractivity contribution in [2.45, 2.75) is 148 Å². The van der Waals surface area contributed by atoms with Crippen molar-refractivity contribution in [2.75, 3.05) is 6.61 Å². The van der Waals surface area contributed by atoms with Gasteiger partial charge in [0.25, 0.3) is 0 Å². The number of allylic oxidation sites excluding steroid dienone is 2. The van der Waals surface area contributed by atoms with Gasteiger partial charge in [0, 0.05) is 12.5 Å². The molecule has 2 atom stereocenters. The zero-order valence-electron chi connectivity index (χ0n) is 24.0. The fraction of sp³-hybridized carbons (Fsp3) is 0.939. The van der Waals surface area contributed by atoms with Gasteiger partial charge in [-0.2, -0.15) is 13.2 Å². The van der Waals surface area contributed by atoms with E-state index in [-0.39, 0.29) is 6.08 Å². The van der Waals surface area contributed by atoms with Crippen LogP contribution in [0.3, 0.4) is 0 Å². The minimum atomic E-state index is -4.54. The van der Waals surface area contributed by atoms with Gasteiger partial charge in [0.05, 0.1) is 12.2 Å². The number of ether oxygens (including phenoxy) is 1. The monoisotopic (exact) mass is 542 g/mol. The summed E-state index contributed by atoms with van der Waals surface area (Å²) >= 11 is 0. The Kier molecular flexibility index (Phi) is 11.9. The van der Waals surface area contributed by atoms with E-state index in [1.165, 1.54) is 103 Å². The highest BCUT2D eigenvalue weighted by atomic mass is 19.4. The molecule has 0 amide bonds. The number of hydrogen-bond acceptors (Lipinski definition) is 1. The number of halogens is 4. The van der Waals surface area contributed by atoms with Gasteiger partial charge in [-0.3, -0.25) is 0 Å². The summed E-state index contributed by atoms with van der Waals surface area (Å²) in [5.74, 6) is 3.37. The molecule has 2 unspecified atom stereocenters. The van der Waals surface area contributed by atoms with Crippen LogP contribution < -0.4 is 0 Å². The molecule has 4 fully saturated rings. The first-order chi connectivity index (χ1) is 18.3. The summed E-state index contributed by atoms with van der Waals surface area (Å²) in [6.07, 6.45) is 20.3. The second-order valence-corrected chi connectivity index (χ2v) is 13.6. The maximum absolute atomic E-state index is 13.9. The van der Waals surface area contributed by atoms with Crippen LogP contribution in [0.25, 0.3) is 0 Å². The standard InChI is InChI=1S/C33H54F4O/c1-2-3-4-5-26-12-21-32(38-23-26)30-19-17-28(18-20-30)27-13-8-24(9-14-27)6-7-25-10-15-29(16-11-25)31(34)22-33(35,36)37/h22,24-30,32H,2-21,23H2,1H3. The first kappa shape index (κ1) is 30.4. The van der Waals surface area contributed by atoms with E-state index in [2.05, 4.69) is 6.92 Å². The molecule has 0 aromatic rings. The summed E-state index contributed by atoms with van der Waals surface area (Å²) in [4.78, 5) is 0. The summed E-state index contributed by atoms with van der Waals surface area (Å²) in [6.45, 7) is 3.29. The molecule has 3 aliphatic carbocycles. The molecule has 0 aromatic heterocycles. The SMILES string of the molecule is CCCCCC1CCC(C2CCC(C3CCC(CCC4CCC(C(F)=CC(F)(F)F)CC4)CC3)CC2)OC1. The highest BCUT2D eigenvalue weighted by molar-refractivity contribution is 5.03. The predicted octanol–water partition coefficient (Wildman–Crippen LogP) is 11.0. The second-order valence-electron chi connectivity index (χ2n) is 13.6. The maximum atomic E-state index is 13.9. The molecule has 1 nitrogen and oxygen atoms in total. The Morgan fingerprint density at radius 1 is 0.658 bits per heavy atom. The lowest BCUT2D eigenvalue weighted by atomic mass is 9.67. The summed E-state index contributed by atoms with van der Waals surface area (Å²) < 4.78 is 57.6. The lowest BCUT2D eigenvalue weighted by molar-refractivity contribution is -0.0821. The molecule has 3 saturated carbocycles. The number of alkyl halides is 3. The van der Waals surface area contributed by atoms with Crippen LogP contribution in [-0.2, 0) is 4.74 Å². The molecule has 4 aliphatic rings. The van der Waals surface area contributed by atoms with E-state index in [0.29, 0.717) is 24.9 Å². The van der Waals surface area contributed by atoms with E-state index in [1.807, 2.05) is 0 Å². The van der Waals surface area contributed by atoms with Gasteiger partial charge < -0.3 is 4.74 Å². The summed E-state index contributed by atoms with van der Waals surface area (Å²) in [7, 11) is 0. The number of unbranched alkanes of at least 4 members (excludes halogenated alkanes) is 2. The normalized spacial score (nSPS) is 37.8. The molecule has 0 radical (unpaired) electrons. The number of rotatable bonds is 10. The van der Waals surface area contributed by atoms with E-state index in [0.717, 1.165) is 49.0 Å². The molecule has 1 saturated heterocycles. The third kappa shape index (κ3) is 9.51. The van der Waals surface area contributed by atoms with Crippen molar-refractivity contribution in [3.8, 4) is 0 Å². The molecule has 220 valence electrons. The third-order valence-corrected chi connectivity index (χ3v) is 11.0. The van der Waals surface area contributed by atoms with Gasteiger partial charge in [-0.15, -0.1) is 0 Å². The van der Waals surface area contributed by atoms with Crippen LogP contribution in [0.4, 0.5) is 17.6 Å². The molecular formula is C33H54F4O. The maximum Gasteiger partial charge on any atom is 0.412 e. The van der Waals surface area contributed by atoms with Crippen LogP contribution in [0, 0.1) is 41.4 Å². The third-order valence-electron chi connectivity index (χ3n) is 11.0. The van der Waals surface area contributed by atoms with E-state index >= 15 is 0 Å². The topological polar surface area (TPSA) is 9.23 Å². The van der Waals surface area contributed by atoms with Crippen molar-refractivity contribution in [1.82, 2.24) is 0 Å². The molecule has 0 spiro atoms. The summed E-state index contributed by atoms with van der Waals surface area (Å²) in [6, 6.07) is 0. The minimum absolute atomic E-state index is 0.128. The van der Waals surface area contributed by atoms with Crippen molar-refractivity contribution in [3.05, 3.63) is 11.9 Å². The van der Waals surface area contributed by atoms with E-state index in [4.69, 9.17) is 4.74 Å². The Balaban J connectivity index is 1.07. The summed E-state index contributed by atoms with van der Waals surface area (Å²) in [5.41, 5.74) is 0. The zero-order chi connectivity index (χ0) is 27.0.